The molecule has 0 bridgehead atoms. The first-order valence-corrected chi connectivity index (χ1v) is 5.24. The van der Waals surface area contributed by atoms with Crippen LogP contribution in [0, 0.1) is 0 Å². The fourth-order valence-electron chi connectivity index (χ4n) is 1.44. The van der Waals surface area contributed by atoms with Crippen molar-refractivity contribution in [2.75, 3.05) is 24.3 Å². The number of rotatable bonds is 3. The van der Waals surface area contributed by atoms with Crippen molar-refractivity contribution < 1.29 is 4.79 Å². The molecule has 1 aromatic carbocycles. The Kier molecular flexibility index (Phi) is 3.09. The van der Waals surface area contributed by atoms with E-state index >= 15 is 0 Å². The molecule has 0 unspecified atom stereocenters. The Balaban J connectivity index is 2.14. The molecular formula is C12H14N4O. The third kappa shape index (κ3) is 2.63. The molecule has 1 aromatic heterocycles. The van der Waals surface area contributed by atoms with Gasteiger partial charge in [0.05, 0.1) is 12.5 Å². The Morgan fingerprint density at radius 1 is 1.41 bits per heavy atom. The number of nitrogens with one attached hydrogen (secondary N) is 2. The summed E-state index contributed by atoms with van der Waals surface area (Å²) >= 11 is 0. The highest BCUT2D eigenvalue weighted by molar-refractivity contribution is 6.02. The van der Waals surface area contributed by atoms with Crippen LogP contribution in [0.1, 0.15) is 10.5 Å². The largest absolute Gasteiger partial charge is 0.378 e. The SMILES string of the molecule is CN(C)c1cccc(NC(=O)c2cnc[nH]2)c1. The van der Waals surface area contributed by atoms with E-state index in [2.05, 4.69) is 15.3 Å². The number of benzene rings is 1. The highest BCUT2D eigenvalue weighted by Gasteiger charge is 2.07. The predicted octanol–water partition coefficient (Wildman–Crippen LogP) is 1.73. The van der Waals surface area contributed by atoms with E-state index in [9.17, 15) is 4.79 Å². The van der Waals surface area contributed by atoms with Crippen LogP contribution in [0.4, 0.5) is 11.4 Å². The summed E-state index contributed by atoms with van der Waals surface area (Å²) in [7, 11) is 3.91. The summed E-state index contributed by atoms with van der Waals surface area (Å²) in [6.45, 7) is 0. The lowest BCUT2D eigenvalue weighted by molar-refractivity contribution is 0.102. The van der Waals surface area contributed by atoms with E-state index < -0.39 is 0 Å². The van der Waals surface area contributed by atoms with Gasteiger partial charge in [0, 0.05) is 25.5 Å². The molecule has 0 fully saturated rings. The Bertz CT molecular complexity index is 505. The van der Waals surface area contributed by atoms with E-state index in [0.717, 1.165) is 11.4 Å². The molecular weight excluding hydrogens is 216 g/mol. The van der Waals surface area contributed by atoms with E-state index in [0.29, 0.717) is 5.69 Å². The lowest BCUT2D eigenvalue weighted by Gasteiger charge is -2.13. The minimum atomic E-state index is -0.196. The van der Waals surface area contributed by atoms with Crippen molar-refractivity contribution in [3.8, 4) is 0 Å². The molecule has 2 aromatic rings. The summed E-state index contributed by atoms with van der Waals surface area (Å²) in [6.07, 6.45) is 2.97. The minimum absolute atomic E-state index is 0.196. The maximum atomic E-state index is 11.8. The molecule has 0 aliphatic heterocycles. The molecule has 0 aliphatic rings. The van der Waals surface area contributed by atoms with E-state index in [1.54, 1.807) is 0 Å². The van der Waals surface area contributed by atoms with Crippen molar-refractivity contribution in [3.63, 3.8) is 0 Å². The number of amides is 1. The van der Waals surface area contributed by atoms with Crippen LogP contribution in [-0.2, 0) is 0 Å². The molecule has 88 valence electrons. The second-order valence-electron chi connectivity index (χ2n) is 3.86. The fourth-order valence-corrected chi connectivity index (χ4v) is 1.44. The van der Waals surface area contributed by atoms with Gasteiger partial charge in [0.1, 0.15) is 5.69 Å². The fraction of sp³-hybridized carbons (Fsp3) is 0.167. The smallest absolute Gasteiger partial charge is 0.273 e. The van der Waals surface area contributed by atoms with Gasteiger partial charge in [-0.15, -0.1) is 0 Å². The van der Waals surface area contributed by atoms with Crippen LogP contribution in [0.25, 0.3) is 0 Å². The average molecular weight is 230 g/mol. The Morgan fingerprint density at radius 2 is 2.24 bits per heavy atom. The molecule has 0 atom stereocenters. The molecule has 2 rings (SSSR count). The van der Waals surface area contributed by atoms with Crippen LogP contribution in [0.3, 0.4) is 0 Å². The molecule has 1 amide bonds. The molecule has 0 spiro atoms. The van der Waals surface area contributed by atoms with Gasteiger partial charge in [0.25, 0.3) is 5.91 Å². The zero-order valence-electron chi connectivity index (χ0n) is 9.77. The average Bonchev–Trinajstić information content (AvgIpc) is 2.82. The number of carbonyl (C=O) groups is 1. The Hall–Kier alpha value is -2.30. The lowest BCUT2D eigenvalue weighted by Crippen LogP contribution is -2.13. The van der Waals surface area contributed by atoms with Gasteiger partial charge < -0.3 is 15.2 Å². The minimum Gasteiger partial charge on any atom is -0.378 e. The highest BCUT2D eigenvalue weighted by atomic mass is 16.1. The van der Waals surface area contributed by atoms with Crippen molar-refractivity contribution in [2.24, 2.45) is 0 Å². The Labute approximate surface area is 99.5 Å². The van der Waals surface area contributed by atoms with Crippen LogP contribution in [-0.4, -0.2) is 30.0 Å². The quantitative estimate of drug-likeness (QED) is 0.844. The number of nitrogens with zero attached hydrogens (tertiary/aromatic N) is 2. The number of carbonyl (C=O) groups excluding carboxylic acids is 1. The second kappa shape index (κ2) is 4.69. The number of imidazole rings is 1. The van der Waals surface area contributed by atoms with Crippen LogP contribution in [0.15, 0.2) is 36.8 Å². The van der Waals surface area contributed by atoms with Gasteiger partial charge in [-0.25, -0.2) is 4.98 Å². The van der Waals surface area contributed by atoms with Crippen molar-refractivity contribution in [1.29, 1.82) is 0 Å². The van der Waals surface area contributed by atoms with Gasteiger partial charge in [0.2, 0.25) is 0 Å². The maximum Gasteiger partial charge on any atom is 0.273 e. The van der Waals surface area contributed by atoms with E-state index in [1.807, 2.05) is 43.3 Å². The number of anilines is 2. The third-order valence-corrected chi connectivity index (χ3v) is 2.36. The van der Waals surface area contributed by atoms with Crippen LogP contribution < -0.4 is 10.2 Å². The molecule has 0 radical (unpaired) electrons. The number of hydrogen-bond acceptors (Lipinski definition) is 3. The maximum absolute atomic E-state index is 11.8. The van der Waals surface area contributed by atoms with Crippen LogP contribution in [0.2, 0.25) is 0 Å². The molecule has 5 heteroatoms. The summed E-state index contributed by atoms with van der Waals surface area (Å²) < 4.78 is 0. The molecule has 1 heterocycles. The van der Waals surface area contributed by atoms with E-state index in [-0.39, 0.29) is 5.91 Å². The summed E-state index contributed by atoms with van der Waals surface area (Å²) in [6, 6.07) is 7.64. The van der Waals surface area contributed by atoms with E-state index in [4.69, 9.17) is 0 Å². The normalized spacial score (nSPS) is 10.0. The zero-order chi connectivity index (χ0) is 12.3. The van der Waals surface area contributed by atoms with Gasteiger partial charge in [-0.2, -0.15) is 0 Å². The van der Waals surface area contributed by atoms with Gasteiger partial charge in [-0.05, 0) is 18.2 Å². The summed E-state index contributed by atoms with van der Waals surface area (Å²) in [4.78, 5) is 20.3. The molecule has 0 aliphatic carbocycles. The highest BCUT2D eigenvalue weighted by Crippen LogP contribution is 2.17. The van der Waals surface area contributed by atoms with Crippen LogP contribution >= 0.6 is 0 Å². The first-order valence-electron chi connectivity index (χ1n) is 5.24. The summed E-state index contributed by atoms with van der Waals surface area (Å²) in [5, 5.41) is 2.80. The number of hydrogen-bond donors (Lipinski definition) is 2. The Morgan fingerprint density at radius 3 is 2.88 bits per heavy atom. The first-order chi connectivity index (χ1) is 8.16. The van der Waals surface area contributed by atoms with Gasteiger partial charge in [-0.1, -0.05) is 6.07 Å². The first kappa shape index (κ1) is 11.2. The van der Waals surface area contributed by atoms with Gasteiger partial charge >= 0.3 is 0 Å². The van der Waals surface area contributed by atoms with E-state index in [1.165, 1.54) is 12.5 Å². The molecule has 0 saturated carbocycles. The summed E-state index contributed by atoms with van der Waals surface area (Å²) in [5.41, 5.74) is 2.24. The van der Waals surface area contributed by atoms with Gasteiger partial charge in [-0.3, -0.25) is 4.79 Å². The number of H-pyrrole nitrogens is 1. The predicted molar refractivity (Wildman–Crippen MR) is 67.3 cm³/mol. The molecule has 2 N–H and O–H groups in total. The zero-order valence-corrected chi connectivity index (χ0v) is 9.77. The topological polar surface area (TPSA) is 61.0 Å². The van der Waals surface area contributed by atoms with Crippen molar-refractivity contribution in [1.82, 2.24) is 9.97 Å². The monoisotopic (exact) mass is 230 g/mol. The van der Waals surface area contributed by atoms with Crippen molar-refractivity contribution in [3.05, 3.63) is 42.5 Å². The summed E-state index contributed by atoms with van der Waals surface area (Å²) in [5.74, 6) is -0.196. The lowest BCUT2D eigenvalue weighted by atomic mass is 10.2. The van der Waals surface area contributed by atoms with Crippen molar-refractivity contribution in [2.45, 2.75) is 0 Å². The van der Waals surface area contributed by atoms with Crippen molar-refractivity contribution >= 4 is 17.3 Å². The molecule has 0 saturated heterocycles. The molecule has 17 heavy (non-hydrogen) atoms. The van der Waals surface area contributed by atoms with Crippen LogP contribution in [0.5, 0.6) is 0 Å². The second-order valence-corrected chi connectivity index (χ2v) is 3.86. The molecule has 5 nitrogen and oxygen atoms in total. The standard InChI is InChI=1S/C12H14N4O/c1-16(2)10-5-3-4-9(6-10)15-12(17)11-7-13-8-14-11/h3-8H,1-2H3,(H,13,14)(H,15,17). The third-order valence-electron chi connectivity index (χ3n) is 2.36. The number of aromatic amines is 1. The van der Waals surface area contributed by atoms with Gasteiger partial charge in [0.15, 0.2) is 0 Å². The number of aromatic nitrogens is 2.